The first kappa shape index (κ1) is 14.8. The largest absolute Gasteiger partial charge is 0.282 e. The zero-order valence-corrected chi connectivity index (χ0v) is 12.0. The molecule has 0 spiro atoms. The Hall–Kier alpha value is -1.26. The van der Waals surface area contributed by atoms with Gasteiger partial charge in [-0.25, -0.2) is 0 Å². The Morgan fingerprint density at radius 1 is 0.833 bits per heavy atom. The molecule has 0 atom stereocenters. The second-order valence-electron chi connectivity index (χ2n) is 3.81. The van der Waals surface area contributed by atoms with Gasteiger partial charge in [-0.3, -0.25) is 9.59 Å². The molecule has 0 N–H and O–H groups in total. The Morgan fingerprint density at radius 3 is 1.33 bits per heavy atom. The van der Waals surface area contributed by atoms with Crippen LogP contribution in [-0.4, -0.2) is 10.2 Å². The lowest BCUT2D eigenvalue weighted by Gasteiger charge is -2.02. The first-order chi connectivity index (χ1) is 8.40. The van der Waals surface area contributed by atoms with Crippen molar-refractivity contribution in [3.05, 3.63) is 48.6 Å². The number of benzene rings is 1. The lowest BCUT2D eigenvalue weighted by Crippen LogP contribution is -1.92. The fourth-order valence-electron chi connectivity index (χ4n) is 0.964. The molecule has 4 heteroatoms. The minimum Gasteiger partial charge on any atom is -0.282 e. The van der Waals surface area contributed by atoms with Gasteiger partial charge in [-0.2, -0.15) is 0 Å². The standard InChI is InChI=1S/C14H14O2S2/c1-9(2)13(15)17-11-5-7-12(8-6-11)18-14(16)10(3)4/h5-8H,1,3H2,2,4H3. The smallest absolute Gasteiger partial charge is 0.219 e. The fourth-order valence-corrected chi connectivity index (χ4v) is 2.28. The molecule has 2 nitrogen and oxygen atoms in total. The number of hydrogen-bond acceptors (Lipinski definition) is 4. The molecule has 94 valence electrons. The van der Waals surface area contributed by atoms with E-state index in [2.05, 4.69) is 13.2 Å². The van der Waals surface area contributed by atoms with Crippen molar-refractivity contribution in [2.45, 2.75) is 23.6 Å². The lowest BCUT2D eigenvalue weighted by molar-refractivity contribution is -0.108. The summed E-state index contributed by atoms with van der Waals surface area (Å²) < 4.78 is 0. The third-order valence-electron chi connectivity index (χ3n) is 1.94. The average molecular weight is 278 g/mol. The van der Waals surface area contributed by atoms with Crippen LogP contribution >= 0.6 is 23.5 Å². The molecule has 0 aliphatic rings. The van der Waals surface area contributed by atoms with Crippen LogP contribution in [0, 0.1) is 0 Å². The summed E-state index contributed by atoms with van der Waals surface area (Å²) in [6.07, 6.45) is 0. The highest BCUT2D eigenvalue weighted by Crippen LogP contribution is 2.26. The first-order valence-electron chi connectivity index (χ1n) is 5.25. The molecule has 0 saturated carbocycles. The zero-order chi connectivity index (χ0) is 13.7. The monoisotopic (exact) mass is 278 g/mol. The molecule has 18 heavy (non-hydrogen) atoms. The van der Waals surface area contributed by atoms with E-state index in [1.54, 1.807) is 13.8 Å². The summed E-state index contributed by atoms with van der Waals surface area (Å²) in [5.41, 5.74) is 1.05. The van der Waals surface area contributed by atoms with Crippen LogP contribution in [0.2, 0.25) is 0 Å². The van der Waals surface area contributed by atoms with Crippen LogP contribution in [0.15, 0.2) is 58.4 Å². The Bertz CT molecular complexity index is 454. The number of thioether (sulfide) groups is 2. The maximum atomic E-state index is 11.5. The Labute approximate surface area is 116 Å². The van der Waals surface area contributed by atoms with Crippen LogP contribution in [0.3, 0.4) is 0 Å². The number of hydrogen-bond donors (Lipinski definition) is 0. The highest BCUT2D eigenvalue weighted by atomic mass is 32.2. The van der Waals surface area contributed by atoms with Gasteiger partial charge >= 0.3 is 0 Å². The Kier molecular flexibility index (Phi) is 5.44. The molecule has 0 heterocycles. The minimum atomic E-state index is -0.0478. The van der Waals surface area contributed by atoms with E-state index in [-0.39, 0.29) is 10.2 Å². The molecule has 0 amide bonds. The van der Waals surface area contributed by atoms with Crippen molar-refractivity contribution < 1.29 is 9.59 Å². The van der Waals surface area contributed by atoms with Gasteiger partial charge in [0.15, 0.2) is 0 Å². The quantitative estimate of drug-likeness (QED) is 0.614. The molecule has 1 aromatic carbocycles. The van der Waals surface area contributed by atoms with Gasteiger partial charge in [0.05, 0.1) is 0 Å². The lowest BCUT2D eigenvalue weighted by atomic mass is 10.4. The summed E-state index contributed by atoms with van der Waals surface area (Å²) in [7, 11) is 0. The number of carbonyl (C=O) groups excluding carboxylic acids is 2. The van der Waals surface area contributed by atoms with E-state index in [1.807, 2.05) is 24.3 Å². The summed E-state index contributed by atoms with van der Waals surface area (Å²) >= 11 is 2.27. The second kappa shape index (κ2) is 6.61. The highest BCUT2D eigenvalue weighted by Gasteiger charge is 2.07. The van der Waals surface area contributed by atoms with Crippen molar-refractivity contribution >= 4 is 33.8 Å². The van der Waals surface area contributed by atoms with E-state index in [0.717, 1.165) is 33.3 Å². The van der Waals surface area contributed by atoms with Gasteiger partial charge in [-0.1, -0.05) is 13.2 Å². The van der Waals surface area contributed by atoms with Crippen molar-refractivity contribution in [1.29, 1.82) is 0 Å². The zero-order valence-electron chi connectivity index (χ0n) is 10.4. The topological polar surface area (TPSA) is 34.1 Å². The van der Waals surface area contributed by atoms with E-state index in [1.165, 1.54) is 0 Å². The molecule has 0 aromatic heterocycles. The fraction of sp³-hybridized carbons (Fsp3) is 0.143. The predicted octanol–water partition coefficient (Wildman–Crippen LogP) is 4.08. The van der Waals surface area contributed by atoms with Crippen LogP contribution in [0.1, 0.15) is 13.8 Å². The van der Waals surface area contributed by atoms with Gasteiger partial charge in [0.1, 0.15) is 0 Å². The molecule has 0 fully saturated rings. The van der Waals surface area contributed by atoms with Gasteiger partial charge in [0, 0.05) is 9.79 Å². The maximum absolute atomic E-state index is 11.5. The van der Waals surface area contributed by atoms with Crippen molar-refractivity contribution in [1.82, 2.24) is 0 Å². The molecule has 1 rings (SSSR count). The van der Waals surface area contributed by atoms with Crippen LogP contribution in [0.25, 0.3) is 0 Å². The number of carbonyl (C=O) groups is 2. The van der Waals surface area contributed by atoms with Crippen LogP contribution in [0.5, 0.6) is 0 Å². The van der Waals surface area contributed by atoms with E-state index in [0.29, 0.717) is 11.1 Å². The second-order valence-corrected chi connectivity index (χ2v) is 5.90. The number of rotatable bonds is 4. The third kappa shape index (κ3) is 4.55. The summed E-state index contributed by atoms with van der Waals surface area (Å²) in [5.74, 6) is 0. The third-order valence-corrected chi connectivity index (χ3v) is 4.03. The molecule has 0 bridgehead atoms. The molecule has 0 unspecified atom stereocenters. The molecular formula is C14H14O2S2. The molecule has 0 saturated heterocycles. The van der Waals surface area contributed by atoms with Gasteiger partial charge in [0.2, 0.25) is 10.2 Å². The maximum Gasteiger partial charge on any atom is 0.219 e. The molecular weight excluding hydrogens is 264 g/mol. The molecule has 0 aliphatic carbocycles. The summed E-state index contributed by atoms with van der Waals surface area (Å²) in [4.78, 5) is 24.6. The van der Waals surface area contributed by atoms with Crippen LogP contribution in [-0.2, 0) is 9.59 Å². The summed E-state index contributed by atoms with van der Waals surface area (Å²) in [6, 6.07) is 7.28. The molecule has 0 aliphatic heterocycles. The van der Waals surface area contributed by atoms with Crippen molar-refractivity contribution in [3.8, 4) is 0 Å². The van der Waals surface area contributed by atoms with E-state index in [9.17, 15) is 9.59 Å². The highest BCUT2D eigenvalue weighted by molar-refractivity contribution is 8.14. The van der Waals surface area contributed by atoms with Crippen molar-refractivity contribution in [2.75, 3.05) is 0 Å². The summed E-state index contributed by atoms with van der Waals surface area (Å²) in [6.45, 7) is 10.6. The van der Waals surface area contributed by atoms with E-state index in [4.69, 9.17) is 0 Å². The minimum absolute atomic E-state index is 0.0478. The molecule has 0 radical (unpaired) electrons. The predicted molar refractivity (Wildman–Crippen MR) is 77.8 cm³/mol. The van der Waals surface area contributed by atoms with E-state index < -0.39 is 0 Å². The SMILES string of the molecule is C=C(C)C(=O)Sc1ccc(SC(=O)C(=C)C)cc1. The van der Waals surface area contributed by atoms with Gasteiger partial charge < -0.3 is 0 Å². The van der Waals surface area contributed by atoms with E-state index >= 15 is 0 Å². The molecule has 1 aromatic rings. The van der Waals surface area contributed by atoms with Gasteiger partial charge in [-0.15, -0.1) is 0 Å². The van der Waals surface area contributed by atoms with Crippen molar-refractivity contribution in [2.24, 2.45) is 0 Å². The Morgan fingerprint density at radius 2 is 1.11 bits per heavy atom. The summed E-state index contributed by atoms with van der Waals surface area (Å²) in [5, 5.41) is -0.0955. The van der Waals surface area contributed by atoms with Gasteiger partial charge in [0.25, 0.3) is 0 Å². The van der Waals surface area contributed by atoms with Gasteiger partial charge in [-0.05, 0) is 72.8 Å². The van der Waals surface area contributed by atoms with Crippen LogP contribution < -0.4 is 0 Å². The van der Waals surface area contributed by atoms with Crippen LogP contribution in [0.4, 0.5) is 0 Å². The average Bonchev–Trinajstić information content (AvgIpc) is 2.31. The normalized spacial score (nSPS) is 9.89. The first-order valence-corrected chi connectivity index (χ1v) is 6.89. The van der Waals surface area contributed by atoms with Crippen molar-refractivity contribution in [3.63, 3.8) is 0 Å². The Balaban J connectivity index is 2.68.